The van der Waals surface area contributed by atoms with E-state index >= 15 is 0 Å². The quantitative estimate of drug-likeness (QED) is 0.233. The lowest BCUT2D eigenvalue weighted by Gasteiger charge is -2.25. The minimum Gasteiger partial charge on any atom is -0.378 e. The normalized spacial score (nSPS) is 11.8. The summed E-state index contributed by atoms with van der Waals surface area (Å²) in [5, 5.41) is 0. The summed E-state index contributed by atoms with van der Waals surface area (Å²) in [6, 6.07) is 21.9. The van der Waals surface area contributed by atoms with Crippen LogP contribution >= 0.6 is 31.9 Å². The van der Waals surface area contributed by atoms with Gasteiger partial charge in [-0.1, -0.05) is 58.4 Å². The molecule has 0 fully saturated rings. The fourth-order valence-corrected chi connectivity index (χ4v) is 5.06. The third-order valence-corrected chi connectivity index (χ3v) is 6.75. The van der Waals surface area contributed by atoms with E-state index in [1.54, 1.807) is 0 Å². The van der Waals surface area contributed by atoms with Gasteiger partial charge in [-0.05, 0) is 69.4 Å². The van der Waals surface area contributed by atoms with Gasteiger partial charge in [0.1, 0.15) is 0 Å². The van der Waals surface area contributed by atoms with Crippen LogP contribution in [0.25, 0.3) is 0 Å². The molecule has 0 saturated carbocycles. The standard InChI is InChI=1S/C26H28Br2N2/c1-6-15-30(5)25-14-11-19(16-24(25)28)26(21-10-8-7-9-18(21)2)22-13-12-20(29(3)4)17-23(22)27/h6-14,16-17,26H,1,15H2,2-5H3. The summed E-state index contributed by atoms with van der Waals surface area (Å²) in [5.41, 5.74) is 7.45. The van der Waals surface area contributed by atoms with Gasteiger partial charge in [-0.3, -0.25) is 0 Å². The topological polar surface area (TPSA) is 6.48 Å². The summed E-state index contributed by atoms with van der Waals surface area (Å²) in [5.74, 6) is 0.131. The Labute approximate surface area is 197 Å². The van der Waals surface area contributed by atoms with Gasteiger partial charge in [0, 0.05) is 48.2 Å². The number of likely N-dealkylation sites (N-methyl/N-ethyl adjacent to an activating group) is 1. The van der Waals surface area contributed by atoms with Crippen LogP contribution < -0.4 is 9.80 Å². The molecule has 3 aromatic rings. The maximum Gasteiger partial charge on any atom is 0.0511 e. The van der Waals surface area contributed by atoms with E-state index in [9.17, 15) is 0 Å². The van der Waals surface area contributed by atoms with Crippen molar-refractivity contribution >= 4 is 43.2 Å². The predicted octanol–water partition coefficient (Wildman–Crippen LogP) is 7.39. The first kappa shape index (κ1) is 22.6. The van der Waals surface area contributed by atoms with Gasteiger partial charge in [-0.25, -0.2) is 0 Å². The minimum absolute atomic E-state index is 0.131. The second-order valence-electron chi connectivity index (χ2n) is 7.77. The third kappa shape index (κ3) is 4.81. The largest absolute Gasteiger partial charge is 0.378 e. The van der Waals surface area contributed by atoms with Crippen LogP contribution in [-0.4, -0.2) is 27.7 Å². The van der Waals surface area contributed by atoms with Crippen LogP contribution in [0, 0.1) is 6.92 Å². The number of rotatable bonds is 7. The van der Waals surface area contributed by atoms with Crippen molar-refractivity contribution in [3.05, 3.63) is 105 Å². The van der Waals surface area contributed by atoms with Crippen molar-refractivity contribution in [1.29, 1.82) is 0 Å². The first-order valence-corrected chi connectivity index (χ1v) is 11.6. The van der Waals surface area contributed by atoms with Gasteiger partial charge in [-0.15, -0.1) is 6.58 Å². The van der Waals surface area contributed by atoms with Crippen LogP contribution in [0.5, 0.6) is 0 Å². The lowest BCUT2D eigenvalue weighted by Crippen LogP contribution is -2.17. The second kappa shape index (κ2) is 9.84. The number of benzene rings is 3. The molecule has 3 aromatic carbocycles. The monoisotopic (exact) mass is 526 g/mol. The molecule has 0 spiro atoms. The van der Waals surface area contributed by atoms with Crippen molar-refractivity contribution in [3.8, 4) is 0 Å². The Morgan fingerprint density at radius 1 is 0.900 bits per heavy atom. The van der Waals surface area contributed by atoms with Crippen LogP contribution in [-0.2, 0) is 0 Å². The number of hydrogen-bond acceptors (Lipinski definition) is 2. The highest BCUT2D eigenvalue weighted by Gasteiger charge is 2.22. The molecular weight excluding hydrogens is 500 g/mol. The van der Waals surface area contributed by atoms with Gasteiger partial charge in [0.15, 0.2) is 0 Å². The van der Waals surface area contributed by atoms with Crippen LogP contribution in [0.1, 0.15) is 28.2 Å². The fourth-order valence-electron chi connectivity index (χ4n) is 3.77. The van der Waals surface area contributed by atoms with Gasteiger partial charge in [0.2, 0.25) is 0 Å². The average molecular weight is 528 g/mol. The van der Waals surface area contributed by atoms with Crippen LogP contribution in [0.3, 0.4) is 0 Å². The van der Waals surface area contributed by atoms with Crippen LogP contribution in [0.2, 0.25) is 0 Å². The summed E-state index contributed by atoms with van der Waals surface area (Å²) in [6.07, 6.45) is 1.92. The molecule has 0 amide bonds. The Morgan fingerprint density at radius 2 is 1.63 bits per heavy atom. The Kier molecular flexibility index (Phi) is 7.43. The van der Waals surface area contributed by atoms with Gasteiger partial charge >= 0.3 is 0 Å². The highest BCUT2D eigenvalue weighted by atomic mass is 79.9. The van der Waals surface area contributed by atoms with Gasteiger partial charge in [0.25, 0.3) is 0 Å². The fraction of sp³-hybridized carbons (Fsp3) is 0.231. The summed E-state index contributed by atoms with van der Waals surface area (Å²) in [6.45, 7) is 6.84. The number of hydrogen-bond donors (Lipinski definition) is 0. The van der Waals surface area contributed by atoms with Crippen molar-refractivity contribution in [2.45, 2.75) is 12.8 Å². The second-order valence-corrected chi connectivity index (χ2v) is 9.48. The third-order valence-electron chi connectivity index (χ3n) is 5.43. The molecule has 2 nitrogen and oxygen atoms in total. The number of anilines is 2. The highest BCUT2D eigenvalue weighted by Crippen LogP contribution is 2.40. The van der Waals surface area contributed by atoms with Crippen molar-refractivity contribution in [2.75, 3.05) is 37.5 Å². The Hall–Kier alpha value is -2.04. The van der Waals surface area contributed by atoms with E-state index in [0.29, 0.717) is 0 Å². The zero-order chi connectivity index (χ0) is 21.8. The van der Waals surface area contributed by atoms with Crippen molar-refractivity contribution in [1.82, 2.24) is 0 Å². The molecule has 0 bridgehead atoms. The van der Waals surface area contributed by atoms with E-state index in [2.05, 4.69) is 137 Å². The SMILES string of the molecule is C=CCN(C)c1ccc(C(c2ccccc2C)c2ccc(N(C)C)cc2Br)cc1Br. The minimum atomic E-state index is 0.131. The van der Waals surface area contributed by atoms with Crippen LogP contribution in [0.4, 0.5) is 11.4 Å². The summed E-state index contributed by atoms with van der Waals surface area (Å²) >= 11 is 7.66. The lowest BCUT2D eigenvalue weighted by molar-refractivity contribution is 0.948. The average Bonchev–Trinajstić information content (AvgIpc) is 2.70. The summed E-state index contributed by atoms with van der Waals surface area (Å²) in [4.78, 5) is 4.31. The summed E-state index contributed by atoms with van der Waals surface area (Å²) in [7, 11) is 6.21. The molecule has 156 valence electrons. The highest BCUT2D eigenvalue weighted by molar-refractivity contribution is 9.11. The molecule has 0 aliphatic heterocycles. The van der Waals surface area contributed by atoms with Gasteiger partial charge < -0.3 is 9.80 Å². The molecule has 0 aliphatic rings. The number of halogens is 2. The first-order valence-electron chi connectivity index (χ1n) is 9.97. The molecule has 4 heteroatoms. The smallest absolute Gasteiger partial charge is 0.0511 e. The Morgan fingerprint density at radius 3 is 2.23 bits per heavy atom. The molecule has 1 unspecified atom stereocenters. The first-order chi connectivity index (χ1) is 14.3. The van der Waals surface area contributed by atoms with Crippen LogP contribution in [0.15, 0.2) is 82.3 Å². The van der Waals surface area contributed by atoms with Crippen molar-refractivity contribution in [3.63, 3.8) is 0 Å². The Balaban J connectivity index is 2.16. The summed E-state index contributed by atoms with van der Waals surface area (Å²) < 4.78 is 2.20. The maximum absolute atomic E-state index is 3.85. The van der Waals surface area contributed by atoms with E-state index in [4.69, 9.17) is 0 Å². The van der Waals surface area contributed by atoms with Gasteiger partial charge in [-0.2, -0.15) is 0 Å². The van der Waals surface area contributed by atoms with E-state index < -0.39 is 0 Å². The number of nitrogens with zero attached hydrogens (tertiary/aromatic N) is 2. The molecule has 0 aromatic heterocycles. The van der Waals surface area contributed by atoms with E-state index in [1.165, 1.54) is 27.9 Å². The van der Waals surface area contributed by atoms with E-state index in [0.717, 1.165) is 21.2 Å². The lowest BCUT2D eigenvalue weighted by atomic mass is 9.83. The molecular formula is C26H28Br2N2. The van der Waals surface area contributed by atoms with E-state index in [1.807, 2.05) is 6.08 Å². The molecule has 3 rings (SSSR count). The number of aryl methyl sites for hydroxylation is 1. The molecule has 30 heavy (non-hydrogen) atoms. The molecule has 0 N–H and O–H groups in total. The molecule has 0 heterocycles. The molecule has 0 aliphatic carbocycles. The molecule has 1 atom stereocenters. The van der Waals surface area contributed by atoms with E-state index in [-0.39, 0.29) is 5.92 Å². The molecule has 0 saturated heterocycles. The predicted molar refractivity (Wildman–Crippen MR) is 138 cm³/mol. The maximum atomic E-state index is 3.85. The van der Waals surface area contributed by atoms with Crippen molar-refractivity contribution < 1.29 is 0 Å². The molecule has 0 radical (unpaired) electrons. The van der Waals surface area contributed by atoms with Gasteiger partial charge in [0.05, 0.1) is 5.69 Å². The Bertz CT molecular complexity index is 1040. The zero-order valence-corrected chi connectivity index (χ0v) is 21.2. The van der Waals surface area contributed by atoms with Crippen molar-refractivity contribution in [2.24, 2.45) is 0 Å². The zero-order valence-electron chi connectivity index (χ0n) is 18.0.